The molecule has 9 nitrogen and oxygen atoms in total. The van der Waals surface area contributed by atoms with E-state index < -0.39 is 12.1 Å². The minimum atomic E-state index is -5.08. The van der Waals surface area contributed by atoms with E-state index in [0.29, 0.717) is 31.4 Å². The minimum absolute atomic E-state index is 0.0150. The number of nitrogens with one attached hydrogen (secondary N) is 1. The van der Waals surface area contributed by atoms with Gasteiger partial charge in [0.2, 0.25) is 5.95 Å². The minimum Gasteiger partial charge on any atom is -0.475 e. The van der Waals surface area contributed by atoms with Crippen LogP contribution in [0.3, 0.4) is 0 Å². The summed E-state index contributed by atoms with van der Waals surface area (Å²) in [5.74, 6) is -1.93. The van der Waals surface area contributed by atoms with E-state index in [9.17, 15) is 18.0 Å². The van der Waals surface area contributed by atoms with E-state index in [0.717, 1.165) is 12.0 Å². The first-order valence-electron chi connectivity index (χ1n) is 9.35. The summed E-state index contributed by atoms with van der Waals surface area (Å²) in [4.78, 5) is 36.4. The topological polar surface area (TPSA) is 118 Å². The highest BCUT2D eigenvalue weighted by atomic mass is 32.1. The lowest BCUT2D eigenvalue weighted by atomic mass is 10.00. The predicted molar refractivity (Wildman–Crippen MR) is 104 cm³/mol. The first-order chi connectivity index (χ1) is 14.7. The number of halogens is 3. The number of hydrogen-bond donors (Lipinski definition) is 2. The van der Waals surface area contributed by atoms with Crippen molar-refractivity contribution < 1.29 is 32.6 Å². The Bertz CT molecular complexity index is 895. The second-order valence-corrected chi connectivity index (χ2v) is 7.64. The van der Waals surface area contributed by atoms with Gasteiger partial charge in [-0.15, -0.1) is 11.3 Å². The molecule has 0 saturated carbocycles. The number of thiazole rings is 1. The molecule has 2 fully saturated rings. The van der Waals surface area contributed by atoms with Gasteiger partial charge in [0.05, 0.1) is 30.8 Å². The van der Waals surface area contributed by atoms with E-state index in [4.69, 9.17) is 14.6 Å². The molecule has 0 radical (unpaired) electrons. The van der Waals surface area contributed by atoms with Crippen LogP contribution in [0.15, 0.2) is 23.3 Å². The Morgan fingerprint density at radius 3 is 2.52 bits per heavy atom. The van der Waals surface area contributed by atoms with E-state index in [1.165, 1.54) is 11.3 Å². The normalized spacial score (nSPS) is 22.5. The van der Waals surface area contributed by atoms with Gasteiger partial charge in [-0.25, -0.2) is 19.7 Å². The number of aromatic nitrogens is 3. The number of fused-ring (bicyclic) bond motifs is 1. The van der Waals surface area contributed by atoms with Gasteiger partial charge >= 0.3 is 12.1 Å². The summed E-state index contributed by atoms with van der Waals surface area (Å²) in [6.07, 6.45) is -0.426. The van der Waals surface area contributed by atoms with Crippen LogP contribution in [-0.2, 0) is 16.0 Å². The fourth-order valence-electron chi connectivity index (χ4n) is 3.38. The summed E-state index contributed by atoms with van der Waals surface area (Å²) in [6, 6.07) is 0.222. The molecule has 2 N–H and O–H groups in total. The van der Waals surface area contributed by atoms with Gasteiger partial charge in [-0.2, -0.15) is 13.2 Å². The average Bonchev–Trinajstić information content (AvgIpc) is 3.47. The Hall–Kier alpha value is -2.80. The van der Waals surface area contributed by atoms with Crippen LogP contribution in [0, 0.1) is 5.92 Å². The quantitative estimate of drug-likeness (QED) is 0.710. The van der Waals surface area contributed by atoms with E-state index in [1.54, 1.807) is 10.9 Å². The zero-order chi connectivity index (χ0) is 22.6. The molecule has 2 aromatic rings. The molecule has 0 aliphatic carbocycles. The first-order valence-corrected chi connectivity index (χ1v) is 10.3. The second-order valence-electron chi connectivity index (χ2n) is 6.92. The second kappa shape index (κ2) is 9.56. The maximum atomic E-state index is 12.3. The molecule has 2 aliphatic heterocycles. The van der Waals surface area contributed by atoms with Crippen molar-refractivity contribution in [2.24, 2.45) is 5.92 Å². The molecular formula is C18H20F3N5O4S. The molecule has 1 amide bonds. The first kappa shape index (κ1) is 22.9. The van der Waals surface area contributed by atoms with Gasteiger partial charge < -0.3 is 20.1 Å². The highest BCUT2D eigenvalue weighted by Crippen LogP contribution is 2.32. The SMILES string of the molecule is CCc1cnc(N2C[C@@H](NC(=O)c3cscn3)[C@H]3COC[C@H]32)nc1.O=C(O)C(F)(F)F. The average molecular weight is 459 g/mol. The lowest BCUT2D eigenvalue weighted by molar-refractivity contribution is -0.192. The number of anilines is 1. The summed E-state index contributed by atoms with van der Waals surface area (Å²) in [5, 5.41) is 12.0. The number of aryl methyl sites for hydroxylation is 1. The highest BCUT2D eigenvalue weighted by molar-refractivity contribution is 7.07. The van der Waals surface area contributed by atoms with E-state index in [1.807, 2.05) is 12.4 Å². The summed E-state index contributed by atoms with van der Waals surface area (Å²) >= 11 is 1.42. The molecule has 0 aromatic carbocycles. The highest BCUT2D eigenvalue weighted by Gasteiger charge is 2.47. The van der Waals surface area contributed by atoms with Gasteiger partial charge in [0, 0.05) is 30.2 Å². The number of rotatable bonds is 4. The maximum absolute atomic E-state index is 12.3. The third-order valence-electron chi connectivity index (χ3n) is 4.98. The fraction of sp³-hybridized carbons (Fsp3) is 0.500. The maximum Gasteiger partial charge on any atom is 0.490 e. The zero-order valence-corrected chi connectivity index (χ0v) is 17.2. The number of aliphatic carboxylic acids is 1. The number of hydrogen-bond acceptors (Lipinski definition) is 8. The Balaban J connectivity index is 0.000000339. The van der Waals surface area contributed by atoms with Crippen molar-refractivity contribution in [3.63, 3.8) is 0 Å². The van der Waals surface area contributed by atoms with E-state index >= 15 is 0 Å². The largest absolute Gasteiger partial charge is 0.490 e. The van der Waals surface area contributed by atoms with Crippen LogP contribution in [0.25, 0.3) is 0 Å². The van der Waals surface area contributed by atoms with Crippen LogP contribution in [-0.4, -0.2) is 70.0 Å². The molecule has 13 heteroatoms. The van der Waals surface area contributed by atoms with Gasteiger partial charge in [0.15, 0.2) is 0 Å². The zero-order valence-electron chi connectivity index (χ0n) is 16.4. The number of carbonyl (C=O) groups is 2. The molecule has 2 aliphatic rings. The van der Waals surface area contributed by atoms with Crippen LogP contribution in [0.4, 0.5) is 19.1 Å². The lowest BCUT2D eigenvalue weighted by Gasteiger charge is -2.22. The molecule has 2 saturated heterocycles. The van der Waals surface area contributed by atoms with Gasteiger partial charge in [-0.05, 0) is 12.0 Å². The number of carbonyl (C=O) groups excluding carboxylic acids is 1. The molecule has 31 heavy (non-hydrogen) atoms. The number of carboxylic acid groups (broad SMARTS) is 1. The third-order valence-corrected chi connectivity index (χ3v) is 5.57. The standard InChI is InChI=1S/C16H19N5O2S.C2HF3O2/c1-2-10-3-17-16(18-4-10)21-5-12(11-6-23-7-14(11)21)20-15(22)13-8-24-9-19-13;3-2(4,5)1(6)7/h3-4,8-9,11-12,14H,2,5-7H2,1H3,(H,20,22);(H,6,7)/t11-,12-,14-;/m1./s1. The van der Waals surface area contributed by atoms with Crippen molar-refractivity contribution in [3.05, 3.63) is 34.5 Å². The molecule has 3 atom stereocenters. The smallest absolute Gasteiger partial charge is 0.475 e. The van der Waals surface area contributed by atoms with Gasteiger partial charge in [0.25, 0.3) is 5.91 Å². The van der Waals surface area contributed by atoms with Crippen LogP contribution >= 0.6 is 11.3 Å². The van der Waals surface area contributed by atoms with Crippen molar-refractivity contribution >= 4 is 29.2 Å². The molecular weight excluding hydrogens is 439 g/mol. The molecule has 168 valence electrons. The lowest BCUT2D eigenvalue weighted by Crippen LogP contribution is -2.41. The predicted octanol–water partition coefficient (Wildman–Crippen LogP) is 1.76. The summed E-state index contributed by atoms with van der Waals surface area (Å²) in [7, 11) is 0. The molecule has 2 aromatic heterocycles. The monoisotopic (exact) mass is 459 g/mol. The van der Waals surface area contributed by atoms with Crippen molar-refractivity contribution in [2.45, 2.75) is 31.6 Å². The molecule has 0 unspecified atom stereocenters. The van der Waals surface area contributed by atoms with Crippen LogP contribution in [0.2, 0.25) is 0 Å². The number of amides is 1. The van der Waals surface area contributed by atoms with Crippen molar-refractivity contribution in [2.75, 3.05) is 24.7 Å². The molecule has 0 bridgehead atoms. The molecule has 0 spiro atoms. The Morgan fingerprint density at radius 2 is 1.97 bits per heavy atom. The summed E-state index contributed by atoms with van der Waals surface area (Å²) in [6.45, 7) is 4.07. The van der Waals surface area contributed by atoms with Crippen molar-refractivity contribution in [1.29, 1.82) is 0 Å². The van der Waals surface area contributed by atoms with Gasteiger partial charge in [-0.1, -0.05) is 6.92 Å². The van der Waals surface area contributed by atoms with Crippen LogP contribution < -0.4 is 10.2 Å². The third kappa shape index (κ3) is 5.47. The van der Waals surface area contributed by atoms with Gasteiger partial charge in [-0.3, -0.25) is 4.79 Å². The Morgan fingerprint density at radius 1 is 1.29 bits per heavy atom. The number of nitrogens with zero attached hydrogens (tertiary/aromatic N) is 4. The van der Waals surface area contributed by atoms with Crippen LogP contribution in [0.1, 0.15) is 23.0 Å². The molecule has 4 heterocycles. The van der Waals surface area contributed by atoms with Crippen LogP contribution in [0.5, 0.6) is 0 Å². The van der Waals surface area contributed by atoms with E-state index in [2.05, 4.69) is 32.1 Å². The fourth-order valence-corrected chi connectivity index (χ4v) is 3.91. The number of alkyl halides is 3. The Kier molecular flexibility index (Phi) is 7.05. The summed E-state index contributed by atoms with van der Waals surface area (Å²) in [5.41, 5.74) is 3.25. The summed E-state index contributed by atoms with van der Waals surface area (Å²) < 4.78 is 37.4. The molecule has 4 rings (SSSR count). The number of carboxylic acids is 1. The number of ether oxygens (including phenoxy) is 1. The van der Waals surface area contributed by atoms with Gasteiger partial charge in [0.1, 0.15) is 5.69 Å². The Labute approximate surface area is 179 Å². The van der Waals surface area contributed by atoms with E-state index in [-0.39, 0.29) is 23.9 Å². The van der Waals surface area contributed by atoms with Crippen molar-refractivity contribution in [1.82, 2.24) is 20.3 Å². The van der Waals surface area contributed by atoms with Crippen molar-refractivity contribution in [3.8, 4) is 0 Å².